The van der Waals surface area contributed by atoms with Crippen LogP contribution >= 0.6 is 11.6 Å². The van der Waals surface area contributed by atoms with Crippen LogP contribution in [0.4, 0.5) is 20.2 Å². The van der Waals surface area contributed by atoms with Crippen molar-refractivity contribution in [3.8, 4) is 5.75 Å². The molecular formula is C16H13ClF2N2O4S. The van der Waals surface area contributed by atoms with Gasteiger partial charge in [0.1, 0.15) is 17.4 Å². The van der Waals surface area contributed by atoms with Crippen LogP contribution in [0, 0.1) is 11.6 Å². The van der Waals surface area contributed by atoms with Crippen molar-refractivity contribution in [3.05, 3.63) is 53.1 Å². The quantitative estimate of drug-likeness (QED) is 0.856. The molecule has 1 heterocycles. The standard InChI is InChI=1S/C16H13ClF2N2O4S/c1-26(23,24)21-8-15(25-14-5-2-9(17)6-13(14)21)16(22)20-12-4-3-10(18)7-11(12)19/h2-7,15H,8H2,1H3,(H,20,22)/t15-/m0/s1. The Hall–Kier alpha value is -2.39. The van der Waals surface area contributed by atoms with Crippen molar-refractivity contribution in [2.75, 3.05) is 22.4 Å². The summed E-state index contributed by atoms with van der Waals surface area (Å²) in [5, 5.41) is 2.57. The number of hydrogen-bond acceptors (Lipinski definition) is 4. The molecule has 0 saturated heterocycles. The normalized spacial score (nSPS) is 16.6. The smallest absolute Gasteiger partial charge is 0.267 e. The molecule has 2 aromatic carbocycles. The number of carbonyl (C=O) groups excluding carboxylic acids is 1. The summed E-state index contributed by atoms with van der Waals surface area (Å²) in [7, 11) is -3.72. The van der Waals surface area contributed by atoms with Crippen molar-refractivity contribution in [3.63, 3.8) is 0 Å². The molecule has 26 heavy (non-hydrogen) atoms. The van der Waals surface area contributed by atoms with E-state index in [0.29, 0.717) is 11.1 Å². The highest BCUT2D eigenvalue weighted by molar-refractivity contribution is 7.92. The number of fused-ring (bicyclic) bond motifs is 1. The summed E-state index contributed by atoms with van der Waals surface area (Å²) in [6.45, 7) is -0.319. The fourth-order valence-electron chi connectivity index (χ4n) is 2.48. The number of halogens is 3. The molecule has 0 unspecified atom stereocenters. The molecule has 1 amide bonds. The lowest BCUT2D eigenvalue weighted by Gasteiger charge is -2.34. The molecule has 0 bridgehead atoms. The number of sulfonamides is 1. The second-order valence-corrected chi connectivity index (χ2v) is 7.97. The number of ether oxygens (including phenoxy) is 1. The van der Waals surface area contributed by atoms with E-state index in [1.807, 2.05) is 0 Å². The molecule has 0 aliphatic carbocycles. The zero-order valence-electron chi connectivity index (χ0n) is 13.4. The number of benzene rings is 2. The number of carbonyl (C=O) groups is 1. The zero-order valence-corrected chi connectivity index (χ0v) is 14.9. The van der Waals surface area contributed by atoms with Crippen LogP contribution in [0.3, 0.4) is 0 Å². The van der Waals surface area contributed by atoms with Crippen LogP contribution in [0.15, 0.2) is 36.4 Å². The van der Waals surface area contributed by atoms with E-state index in [9.17, 15) is 22.0 Å². The Labute approximate surface area is 153 Å². The van der Waals surface area contributed by atoms with Crippen LogP contribution in [-0.2, 0) is 14.8 Å². The number of nitrogens with zero attached hydrogens (tertiary/aromatic N) is 1. The molecule has 0 radical (unpaired) electrons. The average Bonchev–Trinajstić information content (AvgIpc) is 2.55. The van der Waals surface area contributed by atoms with E-state index in [0.717, 1.165) is 22.7 Å². The highest BCUT2D eigenvalue weighted by atomic mass is 35.5. The van der Waals surface area contributed by atoms with Crippen LogP contribution in [0.1, 0.15) is 0 Å². The first kappa shape index (κ1) is 18.4. The van der Waals surface area contributed by atoms with Gasteiger partial charge in [0, 0.05) is 11.1 Å². The number of hydrogen-bond donors (Lipinski definition) is 1. The van der Waals surface area contributed by atoms with Crippen molar-refractivity contribution in [2.45, 2.75) is 6.10 Å². The Morgan fingerprint density at radius 2 is 2.00 bits per heavy atom. The number of anilines is 2. The van der Waals surface area contributed by atoms with Crippen molar-refractivity contribution >= 4 is 38.9 Å². The minimum absolute atomic E-state index is 0.144. The highest BCUT2D eigenvalue weighted by Gasteiger charge is 2.35. The Morgan fingerprint density at radius 3 is 2.65 bits per heavy atom. The van der Waals surface area contributed by atoms with Gasteiger partial charge in [0.25, 0.3) is 5.91 Å². The highest BCUT2D eigenvalue weighted by Crippen LogP contribution is 2.37. The minimum Gasteiger partial charge on any atom is -0.476 e. The van der Waals surface area contributed by atoms with Crippen LogP contribution in [0.25, 0.3) is 0 Å². The topological polar surface area (TPSA) is 75.7 Å². The summed E-state index contributed by atoms with van der Waals surface area (Å²) < 4.78 is 57.3. The predicted octanol–water partition coefficient (Wildman–Crippen LogP) is 2.78. The number of nitrogens with one attached hydrogen (secondary N) is 1. The van der Waals surface area contributed by atoms with Gasteiger partial charge in [-0.05, 0) is 30.3 Å². The summed E-state index contributed by atoms with van der Waals surface area (Å²) in [6, 6.07) is 7.01. The maximum Gasteiger partial charge on any atom is 0.267 e. The summed E-state index contributed by atoms with van der Waals surface area (Å²) in [5.41, 5.74) is -0.0372. The van der Waals surface area contributed by atoms with Gasteiger partial charge in [-0.3, -0.25) is 9.10 Å². The van der Waals surface area contributed by atoms with Gasteiger partial charge in [0.2, 0.25) is 10.0 Å². The fourth-order valence-corrected chi connectivity index (χ4v) is 3.55. The molecule has 2 aromatic rings. The molecular weight excluding hydrogens is 390 g/mol. The Balaban J connectivity index is 1.89. The van der Waals surface area contributed by atoms with Gasteiger partial charge in [0.05, 0.1) is 24.2 Å². The first-order chi connectivity index (χ1) is 12.1. The first-order valence-corrected chi connectivity index (χ1v) is 9.57. The second-order valence-electron chi connectivity index (χ2n) is 5.63. The maximum absolute atomic E-state index is 13.7. The van der Waals surface area contributed by atoms with Crippen LogP contribution in [0.5, 0.6) is 5.75 Å². The first-order valence-electron chi connectivity index (χ1n) is 7.35. The van der Waals surface area contributed by atoms with Gasteiger partial charge in [0.15, 0.2) is 6.10 Å². The van der Waals surface area contributed by atoms with Gasteiger partial charge >= 0.3 is 0 Å². The zero-order chi connectivity index (χ0) is 19.1. The molecule has 0 aromatic heterocycles. The Kier molecular flexibility index (Phi) is 4.76. The lowest BCUT2D eigenvalue weighted by molar-refractivity contribution is -0.122. The van der Waals surface area contributed by atoms with Gasteiger partial charge < -0.3 is 10.1 Å². The maximum atomic E-state index is 13.7. The molecule has 6 nitrogen and oxygen atoms in total. The van der Waals surface area contributed by atoms with E-state index < -0.39 is 33.7 Å². The Bertz CT molecular complexity index is 984. The van der Waals surface area contributed by atoms with Gasteiger partial charge in [-0.25, -0.2) is 17.2 Å². The minimum atomic E-state index is -3.72. The van der Waals surface area contributed by atoms with Gasteiger partial charge in [-0.15, -0.1) is 0 Å². The van der Waals surface area contributed by atoms with Crippen LogP contribution in [-0.4, -0.2) is 33.2 Å². The van der Waals surface area contributed by atoms with Gasteiger partial charge in [-0.2, -0.15) is 0 Å². The monoisotopic (exact) mass is 402 g/mol. The molecule has 1 N–H and O–H groups in total. The second kappa shape index (κ2) is 6.73. The Morgan fingerprint density at radius 1 is 1.27 bits per heavy atom. The summed E-state index contributed by atoms with van der Waals surface area (Å²) >= 11 is 5.90. The summed E-state index contributed by atoms with van der Waals surface area (Å²) in [5.74, 6) is -2.37. The molecule has 3 rings (SSSR count). The van der Waals surface area contributed by atoms with E-state index >= 15 is 0 Å². The van der Waals surface area contributed by atoms with Crippen molar-refractivity contribution < 1.29 is 26.7 Å². The number of amides is 1. The van der Waals surface area contributed by atoms with Crippen molar-refractivity contribution in [1.29, 1.82) is 0 Å². The molecule has 1 aliphatic heterocycles. The molecule has 1 atom stereocenters. The summed E-state index contributed by atoms with van der Waals surface area (Å²) in [4.78, 5) is 12.4. The van der Waals surface area contributed by atoms with E-state index in [-0.39, 0.29) is 23.7 Å². The third-order valence-corrected chi connectivity index (χ3v) is 5.05. The fraction of sp³-hybridized carbons (Fsp3) is 0.188. The molecule has 0 saturated carbocycles. The lowest BCUT2D eigenvalue weighted by atomic mass is 10.2. The van der Waals surface area contributed by atoms with Crippen molar-refractivity contribution in [2.24, 2.45) is 0 Å². The van der Waals surface area contributed by atoms with Crippen molar-refractivity contribution in [1.82, 2.24) is 0 Å². The molecule has 138 valence electrons. The van der Waals surface area contributed by atoms with E-state index in [1.165, 1.54) is 18.2 Å². The molecule has 0 fully saturated rings. The molecule has 1 aliphatic rings. The lowest BCUT2D eigenvalue weighted by Crippen LogP contribution is -2.48. The summed E-state index contributed by atoms with van der Waals surface area (Å²) in [6.07, 6.45) is -0.250. The van der Waals surface area contributed by atoms with Crippen LogP contribution < -0.4 is 14.4 Å². The molecule has 10 heteroatoms. The SMILES string of the molecule is CS(=O)(=O)N1C[C@@H](C(=O)Nc2ccc(F)cc2F)Oc2ccc(Cl)cc21. The third-order valence-electron chi connectivity index (χ3n) is 3.67. The third kappa shape index (κ3) is 3.73. The van der Waals surface area contributed by atoms with Crippen LogP contribution in [0.2, 0.25) is 5.02 Å². The number of rotatable bonds is 3. The largest absolute Gasteiger partial charge is 0.476 e. The average molecular weight is 403 g/mol. The van der Waals surface area contributed by atoms with E-state index in [1.54, 1.807) is 0 Å². The van der Waals surface area contributed by atoms with E-state index in [2.05, 4.69) is 5.32 Å². The van der Waals surface area contributed by atoms with E-state index in [4.69, 9.17) is 16.3 Å². The molecule has 0 spiro atoms. The van der Waals surface area contributed by atoms with Gasteiger partial charge in [-0.1, -0.05) is 11.6 Å². The predicted molar refractivity (Wildman–Crippen MR) is 93.0 cm³/mol.